The zero-order valence-corrected chi connectivity index (χ0v) is 9.04. The molecule has 0 radical (unpaired) electrons. The molecule has 0 bridgehead atoms. The number of benzene rings is 1. The predicted molar refractivity (Wildman–Crippen MR) is 62.4 cm³/mol. The second-order valence-electron chi connectivity index (χ2n) is 3.56. The normalized spacial score (nSPS) is 11.2. The number of hydrogen-bond donors (Lipinski definition) is 1. The Morgan fingerprint density at radius 3 is 2.87 bits per heavy atom. The third-order valence-electron chi connectivity index (χ3n) is 2.21. The SMILES string of the molecule is C#CCC(C)Nc1c(C)cccc1C#N. The lowest BCUT2D eigenvalue weighted by atomic mass is 10.1. The number of hydrogen-bond acceptors (Lipinski definition) is 2. The summed E-state index contributed by atoms with van der Waals surface area (Å²) in [5.74, 6) is 2.60. The van der Waals surface area contributed by atoms with Gasteiger partial charge in [0, 0.05) is 12.5 Å². The van der Waals surface area contributed by atoms with Crippen LogP contribution >= 0.6 is 0 Å². The predicted octanol–water partition coefficient (Wildman–Crippen LogP) is 2.69. The smallest absolute Gasteiger partial charge is 0.101 e. The van der Waals surface area contributed by atoms with Crippen molar-refractivity contribution in [2.45, 2.75) is 26.3 Å². The highest BCUT2D eigenvalue weighted by Crippen LogP contribution is 2.20. The molecule has 0 spiro atoms. The van der Waals surface area contributed by atoms with Crippen molar-refractivity contribution in [2.75, 3.05) is 5.32 Å². The van der Waals surface area contributed by atoms with Gasteiger partial charge in [0.25, 0.3) is 0 Å². The number of nitrogens with zero attached hydrogens (tertiary/aromatic N) is 1. The molecule has 0 saturated carbocycles. The fourth-order valence-corrected chi connectivity index (χ4v) is 1.43. The molecule has 1 aromatic rings. The first-order chi connectivity index (χ1) is 7.19. The molecule has 1 N–H and O–H groups in total. The van der Waals surface area contributed by atoms with Gasteiger partial charge in [-0.3, -0.25) is 0 Å². The van der Waals surface area contributed by atoms with Crippen LogP contribution < -0.4 is 5.32 Å². The summed E-state index contributed by atoms with van der Waals surface area (Å²) >= 11 is 0. The highest BCUT2D eigenvalue weighted by atomic mass is 14.9. The van der Waals surface area contributed by atoms with Crippen molar-refractivity contribution >= 4 is 5.69 Å². The molecular formula is C13H14N2. The Hall–Kier alpha value is -1.93. The van der Waals surface area contributed by atoms with Gasteiger partial charge in [-0.1, -0.05) is 12.1 Å². The van der Waals surface area contributed by atoms with Gasteiger partial charge in [0.15, 0.2) is 0 Å². The first-order valence-electron chi connectivity index (χ1n) is 4.88. The molecule has 0 amide bonds. The fraction of sp³-hybridized carbons (Fsp3) is 0.308. The van der Waals surface area contributed by atoms with Crippen molar-refractivity contribution in [1.29, 1.82) is 5.26 Å². The van der Waals surface area contributed by atoms with Gasteiger partial charge in [0.2, 0.25) is 0 Å². The average molecular weight is 198 g/mol. The molecule has 0 aliphatic rings. The molecule has 1 unspecified atom stereocenters. The topological polar surface area (TPSA) is 35.8 Å². The van der Waals surface area contributed by atoms with Crippen LogP contribution in [0.5, 0.6) is 0 Å². The van der Waals surface area contributed by atoms with Crippen molar-refractivity contribution < 1.29 is 0 Å². The van der Waals surface area contributed by atoms with E-state index in [4.69, 9.17) is 11.7 Å². The number of nitrogens with one attached hydrogen (secondary N) is 1. The number of aryl methyl sites for hydroxylation is 1. The second kappa shape index (κ2) is 5.08. The molecule has 1 atom stereocenters. The molecule has 1 rings (SSSR count). The lowest BCUT2D eigenvalue weighted by Gasteiger charge is -2.15. The van der Waals surface area contributed by atoms with Crippen molar-refractivity contribution in [1.82, 2.24) is 0 Å². The molecule has 2 nitrogen and oxygen atoms in total. The molecule has 0 saturated heterocycles. The summed E-state index contributed by atoms with van der Waals surface area (Å²) in [6.07, 6.45) is 5.89. The quantitative estimate of drug-likeness (QED) is 0.758. The summed E-state index contributed by atoms with van der Waals surface area (Å²) < 4.78 is 0. The fourth-order valence-electron chi connectivity index (χ4n) is 1.43. The van der Waals surface area contributed by atoms with Crippen LogP contribution in [0.4, 0.5) is 5.69 Å². The van der Waals surface area contributed by atoms with Crippen LogP contribution in [0.2, 0.25) is 0 Å². The van der Waals surface area contributed by atoms with E-state index in [9.17, 15) is 0 Å². The lowest BCUT2D eigenvalue weighted by Crippen LogP contribution is -2.15. The first-order valence-corrected chi connectivity index (χ1v) is 4.88. The number of nitriles is 1. The van der Waals surface area contributed by atoms with E-state index < -0.39 is 0 Å². The van der Waals surface area contributed by atoms with E-state index in [-0.39, 0.29) is 6.04 Å². The van der Waals surface area contributed by atoms with Gasteiger partial charge in [-0.15, -0.1) is 12.3 Å². The Balaban J connectivity index is 2.94. The molecule has 15 heavy (non-hydrogen) atoms. The van der Waals surface area contributed by atoms with Crippen LogP contribution in [0.1, 0.15) is 24.5 Å². The molecule has 1 aromatic carbocycles. The summed E-state index contributed by atoms with van der Waals surface area (Å²) in [5.41, 5.74) is 2.62. The highest BCUT2D eigenvalue weighted by molar-refractivity contribution is 5.62. The zero-order valence-electron chi connectivity index (χ0n) is 9.04. The van der Waals surface area contributed by atoms with Crippen LogP contribution in [0.15, 0.2) is 18.2 Å². The van der Waals surface area contributed by atoms with E-state index in [1.165, 1.54) is 0 Å². The maximum absolute atomic E-state index is 8.96. The van der Waals surface area contributed by atoms with Crippen molar-refractivity contribution in [3.05, 3.63) is 29.3 Å². The summed E-state index contributed by atoms with van der Waals surface area (Å²) in [5, 5.41) is 12.2. The van der Waals surface area contributed by atoms with Gasteiger partial charge in [-0.2, -0.15) is 5.26 Å². The van der Waals surface area contributed by atoms with E-state index in [0.717, 1.165) is 11.3 Å². The minimum Gasteiger partial charge on any atom is -0.380 e. The van der Waals surface area contributed by atoms with Crippen molar-refractivity contribution in [3.8, 4) is 18.4 Å². The number of rotatable bonds is 3. The Morgan fingerprint density at radius 1 is 1.53 bits per heavy atom. The van der Waals surface area contributed by atoms with Crippen LogP contribution in [-0.4, -0.2) is 6.04 Å². The highest BCUT2D eigenvalue weighted by Gasteiger charge is 2.07. The summed E-state index contributed by atoms with van der Waals surface area (Å²) in [6, 6.07) is 8.01. The molecular weight excluding hydrogens is 184 g/mol. The Labute approximate surface area is 90.9 Å². The third kappa shape index (κ3) is 2.76. The van der Waals surface area contributed by atoms with E-state index in [1.54, 1.807) is 6.07 Å². The Bertz CT molecular complexity index is 421. The molecule has 0 aromatic heterocycles. The van der Waals surface area contributed by atoms with Gasteiger partial charge in [-0.05, 0) is 25.5 Å². The zero-order chi connectivity index (χ0) is 11.3. The second-order valence-corrected chi connectivity index (χ2v) is 3.56. The molecule has 0 aliphatic carbocycles. The Morgan fingerprint density at radius 2 is 2.27 bits per heavy atom. The van der Waals surface area contributed by atoms with E-state index >= 15 is 0 Å². The van der Waals surface area contributed by atoms with Gasteiger partial charge in [0.05, 0.1) is 11.3 Å². The van der Waals surface area contributed by atoms with Crippen LogP contribution in [-0.2, 0) is 0 Å². The van der Waals surface area contributed by atoms with Gasteiger partial charge in [-0.25, -0.2) is 0 Å². The monoisotopic (exact) mass is 198 g/mol. The lowest BCUT2D eigenvalue weighted by molar-refractivity contribution is 0.827. The molecule has 0 fully saturated rings. The van der Waals surface area contributed by atoms with Gasteiger partial charge in [0.1, 0.15) is 6.07 Å². The molecule has 2 heteroatoms. The maximum atomic E-state index is 8.96. The summed E-state index contributed by atoms with van der Waals surface area (Å²) in [4.78, 5) is 0. The number of anilines is 1. The van der Waals surface area contributed by atoms with Crippen LogP contribution in [0.3, 0.4) is 0 Å². The van der Waals surface area contributed by atoms with E-state index in [2.05, 4.69) is 17.3 Å². The maximum Gasteiger partial charge on any atom is 0.101 e. The van der Waals surface area contributed by atoms with Crippen LogP contribution in [0.25, 0.3) is 0 Å². The van der Waals surface area contributed by atoms with Crippen molar-refractivity contribution in [2.24, 2.45) is 0 Å². The summed E-state index contributed by atoms with van der Waals surface area (Å²) in [6.45, 7) is 3.99. The largest absolute Gasteiger partial charge is 0.380 e. The van der Waals surface area contributed by atoms with E-state index in [0.29, 0.717) is 12.0 Å². The number of terminal acetylenes is 1. The minimum atomic E-state index is 0.184. The minimum absolute atomic E-state index is 0.184. The van der Waals surface area contributed by atoms with Crippen LogP contribution in [0, 0.1) is 30.6 Å². The van der Waals surface area contributed by atoms with Crippen molar-refractivity contribution in [3.63, 3.8) is 0 Å². The van der Waals surface area contributed by atoms with Gasteiger partial charge < -0.3 is 5.32 Å². The number of para-hydroxylation sites is 1. The van der Waals surface area contributed by atoms with E-state index in [1.807, 2.05) is 26.0 Å². The first kappa shape index (κ1) is 11.1. The standard InChI is InChI=1S/C13H14N2/c1-4-6-11(3)15-13-10(2)7-5-8-12(13)9-14/h1,5,7-8,11,15H,6H2,2-3H3. The average Bonchev–Trinajstić information content (AvgIpc) is 2.21. The molecule has 0 heterocycles. The Kier molecular flexibility index (Phi) is 3.77. The molecule has 0 aliphatic heterocycles. The third-order valence-corrected chi connectivity index (χ3v) is 2.21. The molecule has 76 valence electrons. The van der Waals surface area contributed by atoms with Gasteiger partial charge >= 0.3 is 0 Å². The summed E-state index contributed by atoms with van der Waals surface area (Å²) in [7, 11) is 0.